The maximum atomic E-state index is 13.7. The van der Waals surface area contributed by atoms with Gasteiger partial charge in [0.1, 0.15) is 17.7 Å². The SMILES string of the molecule is N#Cc1nccn1Cc1c(F)ccc(Br)c1F. The smallest absolute Gasteiger partial charge is 0.213 e. The van der Waals surface area contributed by atoms with Gasteiger partial charge >= 0.3 is 0 Å². The van der Waals surface area contributed by atoms with Gasteiger partial charge in [-0.3, -0.25) is 0 Å². The van der Waals surface area contributed by atoms with Crippen molar-refractivity contribution in [2.75, 3.05) is 0 Å². The molecular formula is C11H6BrF2N3. The molecule has 0 spiro atoms. The molecule has 2 aromatic rings. The fourth-order valence-corrected chi connectivity index (χ4v) is 1.81. The fraction of sp³-hybridized carbons (Fsp3) is 0.0909. The van der Waals surface area contributed by atoms with Crippen molar-refractivity contribution < 1.29 is 8.78 Å². The lowest BCUT2D eigenvalue weighted by Gasteiger charge is -2.07. The number of imidazole rings is 1. The average molecular weight is 298 g/mol. The molecule has 0 unspecified atom stereocenters. The summed E-state index contributed by atoms with van der Waals surface area (Å²) in [6, 6.07) is 4.32. The van der Waals surface area contributed by atoms with Crippen molar-refractivity contribution in [1.82, 2.24) is 9.55 Å². The van der Waals surface area contributed by atoms with E-state index in [4.69, 9.17) is 5.26 Å². The molecule has 2 rings (SSSR count). The maximum absolute atomic E-state index is 13.7. The van der Waals surface area contributed by atoms with Gasteiger partial charge in [-0.25, -0.2) is 13.8 Å². The fourth-order valence-electron chi connectivity index (χ4n) is 1.43. The van der Waals surface area contributed by atoms with Gasteiger partial charge < -0.3 is 4.57 Å². The van der Waals surface area contributed by atoms with E-state index in [0.29, 0.717) is 0 Å². The Morgan fingerprint density at radius 3 is 2.88 bits per heavy atom. The number of rotatable bonds is 2. The highest BCUT2D eigenvalue weighted by Gasteiger charge is 2.14. The third-order valence-electron chi connectivity index (χ3n) is 2.28. The van der Waals surface area contributed by atoms with Gasteiger partial charge in [0, 0.05) is 18.0 Å². The summed E-state index contributed by atoms with van der Waals surface area (Å²) in [4.78, 5) is 3.76. The van der Waals surface area contributed by atoms with Crippen molar-refractivity contribution in [1.29, 1.82) is 5.26 Å². The van der Waals surface area contributed by atoms with Crippen LogP contribution in [0.1, 0.15) is 11.4 Å². The van der Waals surface area contributed by atoms with Crippen LogP contribution in [0.25, 0.3) is 0 Å². The van der Waals surface area contributed by atoms with E-state index < -0.39 is 11.6 Å². The first-order valence-electron chi connectivity index (χ1n) is 4.67. The molecule has 1 aromatic heterocycles. The highest BCUT2D eigenvalue weighted by atomic mass is 79.9. The maximum Gasteiger partial charge on any atom is 0.213 e. The number of aromatic nitrogens is 2. The molecule has 0 radical (unpaired) electrons. The highest BCUT2D eigenvalue weighted by molar-refractivity contribution is 9.10. The van der Waals surface area contributed by atoms with Gasteiger partial charge in [0.15, 0.2) is 0 Å². The lowest BCUT2D eigenvalue weighted by Crippen LogP contribution is -2.06. The number of benzene rings is 1. The molecule has 1 heterocycles. The van der Waals surface area contributed by atoms with Gasteiger partial charge in [-0.2, -0.15) is 5.26 Å². The minimum atomic E-state index is -0.664. The summed E-state index contributed by atoms with van der Waals surface area (Å²) in [6.07, 6.45) is 2.91. The number of hydrogen-bond acceptors (Lipinski definition) is 2. The van der Waals surface area contributed by atoms with Crippen LogP contribution < -0.4 is 0 Å². The highest BCUT2D eigenvalue weighted by Crippen LogP contribution is 2.22. The molecule has 1 aromatic carbocycles. The summed E-state index contributed by atoms with van der Waals surface area (Å²) in [5, 5.41) is 8.75. The quantitative estimate of drug-likeness (QED) is 0.800. The molecule has 0 amide bonds. The molecule has 0 atom stereocenters. The van der Waals surface area contributed by atoms with Crippen molar-refractivity contribution in [2.45, 2.75) is 6.54 Å². The standard InChI is InChI=1S/C11H6BrF2N3/c12-8-1-2-9(13)7(11(8)14)6-17-4-3-16-10(17)5-15/h1-4H,6H2. The molecule has 0 aliphatic rings. The Hall–Kier alpha value is -1.74. The largest absolute Gasteiger partial charge is 0.318 e. The van der Waals surface area contributed by atoms with Crippen LogP contribution in [0.5, 0.6) is 0 Å². The van der Waals surface area contributed by atoms with Gasteiger partial charge in [0.25, 0.3) is 0 Å². The van der Waals surface area contributed by atoms with E-state index in [1.165, 1.54) is 29.1 Å². The van der Waals surface area contributed by atoms with Crippen molar-refractivity contribution >= 4 is 15.9 Å². The van der Waals surface area contributed by atoms with E-state index >= 15 is 0 Å². The third kappa shape index (κ3) is 2.19. The first-order valence-corrected chi connectivity index (χ1v) is 5.46. The molecule has 0 aliphatic carbocycles. The lowest BCUT2D eigenvalue weighted by molar-refractivity contribution is 0.539. The summed E-state index contributed by atoms with van der Waals surface area (Å²) in [7, 11) is 0. The van der Waals surface area contributed by atoms with Crippen LogP contribution in [0.15, 0.2) is 29.0 Å². The molecule has 3 nitrogen and oxygen atoms in total. The molecule has 0 aliphatic heterocycles. The van der Waals surface area contributed by atoms with Gasteiger partial charge in [0.2, 0.25) is 5.82 Å². The van der Waals surface area contributed by atoms with E-state index in [0.717, 1.165) is 0 Å². The molecule has 0 fully saturated rings. The molecule has 0 N–H and O–H groups in total. The molecule has 17 heavy (non-hydrogen) atoms. The van der Waals surface area contributed by atoms with Crippen LogP contribution in [-0.2, 0) is 6.54 Å². The first-order chi connectivity index (χ1) is 8.13. The zero-order valence-electron chi connectivity index (χ0n) is 8.49. The number of halogens is 3. The minimum absolute atomic E-state index is 0.0694. The van der Waals surface area contributed by atoms with Gasteiger partial charge in [0.05, 0.1) is 11.0 Å². The Bertz CT molecular complexity index is 601. The van der Waals surface area contributed by atoms with Crippen LogP contribution in [0, 0.1) is 23.0 Å². The summed E-state index contributed by atoms with van der Waals surface area (Å²) in [5.41, 5.74) is -0.103. The van der Waals surface area contributed by atoms with E-state index in [-0.39, 0.29) is 22.4 Å². The molecule has 6 heteroatoms. The second-order valence-corrected chi connectivity index (χ2v) is 4.17. The van der Waals surface area contributed by atoms with Crippen LogP contribution in [-0.4, -0.2) is 9.55 Å². The number of hydrogen-bond donors (Lipinski definition) is 0. The second-order valence-electron chi connectivity index (χ2n) is 3.31. The normalized spacial score (nSPS) is 10.2. The van der Waals surface area contributed by atoms with Crippen LogP contribution in [0.4, 0.5) is 8.78 Å². The minimum Gasteiger partial charge on any atom is -0.318 e. The zero-order chi connectivity index (χ0) is 12.4. The van der Waals surface area contributed by atoms with Crippen LogP contribution in [0.2, 0.25) is 0 Å². The summed E-state index contributed by atoms with van der Waals surface area (Å²) in [6.45, 7) is -0.0694. The van der Waals surface area contributed by atoms with E-state index in [1.807, 2.05) is 6.07 Å². The number of nitrogens with zero attached hydrogens (tertiary/aromatic N) is 3. The molecule has 0 saturated carbocycles. The summed E-state index contributed by atoms with van der Waals surface area (Å²) in [5.74, 6) is -1.20. The number of nitriles is 1. The van der Waals surface area contributed by atoms with Gasteiger partial charge in [-0.15, -0.1) is 0 Å². The zero-order valence-corrected chi connectivity index (χ0v) is 10.1. The Labute approximate surface area is 104 Å². The molecule has 86 valence electrons. The van der Waals surface area contributed by atoms with E-state index in [1.54, 1.807) is 0 Å². The molecule has 0 saturated heterocycles. The van der Waals surface area contributed by atoms with Crippen molar-refractivity contribution in [2.24, 2.45) is 0 Å². The Balaban J connectivity index is 2.44. The Kier molecular flexibility index (Phi) is 3.20. The Morgan fingerprint density at radius 2 is 2.18 bits per heavy atom. The first kappa shape index (κ1) is 11.7. The van der Waals surface area contributed by atoms with E-state index in [2.05, 4.69) is 20.9 Å². The van der Waals surface area contributed by atoms with Gasteiger partial charge in [-0.1, -0.05) is 0 Å². The predicted molar refractivity (Wildman–Crippen MR) is 60.1 cm³/mol. The molecule has 0 bridgehead atoms. The lowest BCUT2D eigenvalue weighted by atomic mass is 10.2. The summed E-state index contributed by atoms with van der Waals surface area (Å²) < 4.78 is 28.7. The average Bonchev–Trinajstić information content (AvgIpc) is 2.77. The Morgan fingerprint density at radius 1 is 1.41 bits per heavy atom. The summed E-state index contributed by atoms with van der Waals surface area (Å²) >= 11 is 2.99. The second kappa shape index (κ2) is 4.63. The van der Waals surface area contributed by atoms with Crippen LogP contribution in [0.3, 0.4) is 0 Å². The topological polar surface area (TPSA) is 41.6 Å². The monoisotopic (exact) mass is 297 g/mol. The van der Waals surface area contributed by atoms with Crippen molar-refractivity contribution in [3.8, 4) is 6.07 Å². The molecular weight excluding hydrogens is 292 g/mol. The third-order valence-corrected chi connectivity index (χ3v) is 2.90. The van der Waals surface area contributed by atoms with Crippen molar-refractivity contribution in [3.05, 3.63) is 52.0 Å². The van der Waals surface area contributed by atoms with Crippen molar-refractivity contribution in [3.63, 3.8) is 0 Å². The van der Waals surface area contributed by atoms with E-state index in [9.17, 15) is 8.78 Å². The van der Waals surface area contributed by atoms with Crippen LogP contribution >= 0.6 is 15.9 Å². The van der Waals surface area contributed by atoms with Gasteiger partial charge in [-0.05, 0) is 28.1 Å². The predicted octanol–water partition coefficient (Wildman–Crippen LogP) is 2.84.